The zero-order valence-corrected chi connectivity index (χ0v) is 14.3. The van der Waals surface area contributed by atoms with E-state index in [2.05, 4.69) is 31.3 Å². The highest BCUT2D eigenvalue weighted by Gasteiger charge is 2.19. The van der Waals surface area contributed by atoms with Gasteiger partial charge in [-0.25, -0.2) is 0 Å². The summed E-state index contributed by atoms with van der Waals surface area (Å²) in [4.78, 5) is 24.7. The molecular weight excluding hydrogens is 312 g/mol. The number of carbonyl (C=O) groups is 2. The Morgan fingerprint density at radius 1 is 0.920 bits per heavy atom. The van der Waals surface area contributed by atoms with Gasteiger partial charge >= 0.3 is 0 Å². The molecule has 1 aromatic heterocycles. The zero-order chi connectivity index (χ0) is 17.8. The van der Waals surface area contributed by atoms with Crippen LogP contribution >= 0.6 is 0 Å². The van der Waals surface area contributed by atoms with Crippen LogP contribution in [0, 0.1) is 13.8 Å². The minimum Gasteiger partial charge on any atom is -0.340 e. The fraction of sp³-hybridized carbons (Fsp3) is 0.143. The van der Waals surface area contributed by atoms with Crippen LogP contribution in [0.15, 0.2) is 66.9 Å². The maximum atomic E-state index is 12.5. The Balaban J connectivity index is 1.77. The van der Waals surface area contributed by atoms with Crippen LogP contribution < -0.4 is 5.32 Å². The predicted molar refractivity (Wildman–Crippen MR) is 98.9 cm³/mol. The first-order valence-electron chi connectivity index (χ1n) is 8.16. The third-order valence-corrected chi connectivity index (χ3v) is 4.22. The molecule has 25 heavy (non-hydrogen) atoms. The number of amides is 1. The first-order valence-corrected chi connectivity index (χ1v) is 8.16. The van der Waals surface area contributed by atoms with Crippen LogP contribution in [-0.4, -0.2) is 16.3 Å². The van der Waals surface area contributed by atoms with Gasteiger partial charge in [-0.1, -0.05) is 36.4 Å². The van der Waals surface area contributed by atoms with Gasteiger partial charge in [0.1, 0.15) is 0 Å². The third kappa shape index (κ3) is 3.86. The summed E-state index contributed by atoms with van der Waals surface area (Å²) in [6.45, 7) is 4.68. The van der Waals surface area contributed by atoms with Gasteiger partial charge in [-0.3, -0.25) is 9.59 Å². The summed E-state index contributed by atoms with van der Waals surface area (Å²) in [6.07, 6.45) is 1.82. The van der Waals surface area contributed by atoms with E-state index >= 15 is 0 Å². The standard InChI is InChI=1S/C21H20N2O2/c1-15-10-11-17(13-16(15)2)14-23-12-6-9-19(23)20(24)21(25)22-18-7-4-3-5-8-18/h3-13H,14H2,1-2H3,(H,22,25). The molecule has 0 aliphatic heterocycles. The Morgan fingerprint density at radius 2 is 1.68 bits per heavy atom. The quantitative estimate of drug-likeness (QED) is 0.568. The number of carbonyl (C=O) groups excluding carboxylic acids is 2. The van der Waals surface area contributed by atoms with E-state index in [0.717, 1.165) is 5.56 Å². The fourth-order valence-electron chi connectivity index (χ4n) is 2.68. The van der Waals surface area contributed by atoms with Crippen molar-refractivity contribution in [1.82, 2.24) is 4.57 Å². The molecule has 0 aliphatic rings. The molecule has 3 aromatic rings. The molecule has 0 aliphatic carbocycles. The van der Waals surface area contributed by atoms with Crippen LogP contribution in [0.3, 0.4) is 0 Å². The number of hydrogen-bond acceptors (Lipinski definition) is 2. The SMILES string of the molecule is Cc1ccc(Cn2cccc2C(=O)C(=O)Nc2ccccc2)cc1C. The molecular formula is C21H20N2O2. The molecule has 0 atom stereocenters. The van der Waals surface area contributed by atoms with Gasteiger partial charge in [-0.15, -0.1) is 0 Å². The molecule has 0 radical (unpaired) electrons. The van der Waals surface area contributed by atoms with E-state index in [0.29, 0.717) is 17.9 Å². The van der Waals surface area contributed by atoms with Crippen LogP contribution in [0.5, 0.6) is 0 Å². The highest BCUT2D eigenvalue weighted by atomic mass is 16.2. The van der Waals surface area contributed by atoms with Gasteiger partial charge in [0.2, 0.25) is 0 Å². The van der Waals surface area contributed by atoms with E-state index < -0.39 is 11.7 Å². The number of benzene rings is 2. The van der Waals surface area contributed by atoms with Gasteiger partial charge in [-0.2, -0.15) is 0 Å². The number of nitrogens with one attached hydrogen (secondary N) is 1. The average molecular weight is 332 g/mol. The highest BCUT2D eigenvalue weighted by molar-refractivity contribution is 6.46. The maximum absolute atomic E-state index is 12.5. The van der Waals surface area contributed by atoms with Crippen molar-refractivity contribution in [1.29, 1.82) is 0 Å². The molecule has 0 spiro atoms. The third-order valence-electron chi connectivity index (χ3n) is 4.22. The van der Waals surface area contributed by atoms with Crippen LogP contribution in [-0.2, 0) is 11.3 Å². The lowest BCUT2D eigenvalue weighted by molar-refractivity contribution is -0.112. The molecule has 1 heterocycles. The number of para-hydroxylation sites is 1. The topological polar surface area (TPSA) is 51.1 Å². The fourth-order valence-corrected chi connectivity index (χ4v) is 2.68. The lowest BCUT2D eigenvalue weighted by Gasteiger charge is -2.10. The van der Waals surface area contributed by atoms with E-state index in [1.807, 2.05) is 30.5 Å². The number of hydrogen-bond donors (Lipinski definition) is 1. The second kappa shape index (κ2) is 7.18. The molecule has 0 saturated carbocycles. The van der Waals surface area contributed by atoms with E-state index in [1.165, 1.54) is 11.1 Å². The van der Waals surface area contributed by atoms with Gasteiger partial charge in [0.05, 0.1) is 5.69 Å². The summed E-state index contributed by atoms with van der Waals surface area (Å²) in [5.41, 5.74) is 4.52. The summed E-state index contributed by atoms with van der Waals surface area (Å²) in [7, 11) is 0. The minimum absolute atomic E-state index is 0.381. The molecule has 2 aromatic carbocycles. The summed E-state index contributed by atoms with van der Waals surface area (Å²) >= 11 is 0. The van der Waals surface area contributed by atoms with Crippen molar-refractivity contribution in [2.75, 3.05) is 5.32 Å². The normalized spacial score (nSPS) is 10.5. The highest BCUT2D eigenvalue weighted by Crippen LogP contribution is 2.14. The second-order valence-corrected chi connectivity index (χ2v) is 6.09. The van der Waals surface area contributed by atoms with E-state index in [9.17, 15) is 9.59 Å². The summed E-state index contributed by atoms with van der Waals surface area (Å²) in [5, 5.41) is 2.64. The van der Waals surface area contributed by atoms with Gasteiger partial charge in [-0.05, 0) is 54.8 Å². The molecule has 0 saturated heterocycles. The van der Waals surface area contributed by atoms with Crippen molar-refractivity contribution in [2.24, 2.45) is 0 Å². The molecule has 4 heteroatoms. The molecule has 0 fully saturated rings. The Bertz CT molecular complexity index is 911. The molecule has 1 N–H and O–H groups in total. The molecule has 3 rings (SSSR count). The van der Waals surface area contributed by atoms with Crippen LogP contribution in [0.2, 0.25) is 0 Å². The summed E-state index contributed by atoms with van der Waals surface area (Å²) < 4.78 is 1.80. The molecule has 1 amide bonds. The number of ketones is 1. The predicted octanol–water partition coefficient (Wildman–Crippen LogP) is 3.97. The first kappa shape index (κ1) is 16.7. The Labute approximate surface area is 147 Å². The monoisotopic (exact) mass is 332 g/mol. The van der Waals surface area contributed by atoms with Crippen molar-refractivity contribution in [3.8, 4) is 0 Å². The van der Waals surface area contributed by atoms with Gasteiger partial charge in [0.25, 0.3) is 11.7 Å². The smallest absolute Gasteiger partial charge is 0.298 e. The Hall–Kier alpha value is -3.14. The number of aromatic nitrogens is 1. The van der Waals surface area contributed by atoms with Crippen molar-refractivity contribution >= 4 is 17.4 Å². The van der Waals surface area contributed by atoms with E-state index in [1.54, 1.807) is 28.8 Å². The van der Waals surface area contributed by atoms with Crippen LogP contribution in [0.4, 0.5) is 5.69 Å². The number of aryl methyl sites for hydroxylation is 2. The van der Waals surface area contributed by atoms with Crippen molar-refractivity contribution in [3.05, 3.63) is 89.2 Å². The first-order chi connectivity index (χ1) is 12.0. The van der Waals surface area contributed by atoms with E-state index in [4.69, 9.17) is 0 Å². The van der Waals surface area contributed by atoms with Crippen LogP contribution in [0.1, 0.15) is 27.2 Å². The minimum atomic E-state index is -0.633. The average Bonchev–Trinajstić information content (AvgIpc) is 3.06. The molecule has 4 nitrogen and oxygen atoms in total. The largest absolute Gasteiger partial charge is 0.340 e. The van der Waals surface area contributed by atoms with Crippen molar-refractivity contribution in [2.45, 2.75) is 20.4 Å². The van der Waals surface area contributed by atoms with Gasteiger partial charge < -0.3 is 9.88 Å². The van der Waals surface area contributed by atoms with Gasteiger partial charge in [0.15, 0.2) is 0 Å². The lowest BCUT2D eigenvalue weighted by Crippen LogP contribution is -2.25. The lowest BCUT2D eigenvalue weighted by atomic mass is 10.1. The second-order valence-electron chi connectivity index (χ2n) is 6.09. The van der Waals surface area contributed by atoms with E-state index in [-0.39, 0.29) is 0 Å². The summed E-state index contributed by atoms with van der Waals surface area (Å²) in [5.74, 6) is -1.18. The van der Waals surface area contributed by atoms with Gasteiger partial charge in [0, 0.05) is 18.4 Å². The van der Waals surface area contributed by atoms with Crippen molar-refractivity contribution < 1.29 is 9.59 Å². The zero-order valence-electron chi connectivity index (χ0n) is 14.3. The summed E-state index contributed by atoms with van der Waals surface area (Å²) in [6, 6.07) is 18.6. The number of Topliss-reactive ketones (excluding diaryl/α,β-unsaturated/α-hetero) is 1. The Morgan fingerprint density at radius 3 is 2.40 bits per heavy atom. The molecule has 0 unspecified atom stereocenters. The number of nitrogens with zero attached hydrogens (tertiary/aromatic N) is 1. The molecule has 126 valence electrons. The Kier molecular flexibility index (Phi) is 4.80. The number of rotatable bonds is 5. The molecule has 0 bridgehead atoms. The van der Waals surface area contributed by atoms with Crippen LogP contribution in [0.25, 0.3) is 0 Å². The maximum Gasteiger partial charge on any atom is 0.298 e. The van der Waals surface area contributed by atoms with Crippen molar-refractivity contribution in [3.63, 3.8) is 0 Å². The number of anilines is 1.